The summed E-state index contributed by atoms with van der Waals surface area (Å²) in [5.41, 5.74) is 0.409. The highest BCUT2D eigenvalue weighted by Crippen LogP contribution is 2.41. The number of rotatable bonds is 3. The number of ether oxygens (including phenoxy) is 2. The van der Waals surface area contributed by atoms with Crippen molar-refractivity contribution >= 4 is 0 Å². The van der Waals surface area contributed by atoms with Gasteiger partial charge in [-0.3, -0.25) is 0 Å². The first-order valence-corrected chi connectivity index (χ1v) is 6.20. The van der Waals surface area contributed by atoms with Gasteiger partial charge in [0.2, 0.25) is 0 Å². The summed E-state index contributed by atoms with van der Waals surface area (Å²) >= 11 is 0. The van der Waals surface area contributed by atoms with Gasteiger partial charge in [-0.1, -0.05) is 0 Å². The Morgan fingerprint density at radius 3 is 2.89 bits per heavy atom. The normalized spacial score (nSPS) is 22.8. The van der Waals surface area contributed by atoms with Crippen molar-refractivity contribution in [2.45, 2.75) is 45.0 Å². The lowest BCUT2D eigenvalue weighted by molar-refractivity contribution is 0.0111. The van der Waals surface area contributed by atoms with Gasteiger partial charge in [-0.2, -0.15) is 0 Å². The fourth-order valence-corrected chi connectivity index (χ4v) is 2.14. The maximum Gasteiger partial charge on any atom is 0.129 e. The van der Waals surface area contributed by atoms with Crippen LogP contribution in [0.5, 0.6) is 11.5 Å². The molecule has 0 radical (unpaired) electrons. The molecule has 0 spiro atoms. The highest BCUT2D eigenvalue weighted by atomic mass is 16.5. The first kappa shape index (κ1) is 13.2. The summed E-state index contributed by atoms with van der Waals surface area (Å²) in [7, 11) is 0. The second-order valence-corrected chi connectivity index (χ2v) is 5.39. The monoisotopic (exact) mass is 252 g/mol. The van der Waals surface area contributed by atoms with Crippen molar-refractivity contribution in [1.29, 1.82) is 0 Å². The summed E-state index contributed by atoms with van der Waals surface area (Å²) in [5, 5.41) is 19.0. The summed E-state index contributed by atoms with van der Waals surface area (Å²) in [4.78, 5) is 0. The predicted octanol–water partition coefficient (Wildman–Crippen LogP) is 2.04. The van der Waals surface area contributed by atoms with Crippen LogP contribution in [0.2, 0.25) is 0 Å². The summed E-state index contributed by atoms with van der Waals surface area (Å²) in [5.74, 6) is 1.29. The fourth-order valence-electron chi connectivity index (χ4n) is 2.14. The summed E-state index contributed by atoms with van der Waals surface area (Å²) < 4.78 is 11.4. The third-order valence-electron chi connectivity index (χ3n) is 3.01. The Morgan fingerprint density at radius 1 is 1.50 bits per heavy atom. The van der Waals surface area contributed by atoms with Gasteiger partial charge < -0.3 is 19.7 Å². The molecule has 4 heteroatoms. The van der Waals surface area contributed by atoms with Crippen molar-refractivity contribution in [1.82, 2.24) is 0 Å². The van der Waals surface area contributed by atoms with Crippen LogP contribution in [0, 0.1) is 0 Å². The Bertz CT molecular complexity index is 428. The van der Waals surface area contributed by atoms with Crippen LogP contribution < -0.4 is 9.47 Å². The van der Waals surface area contributed by atoms with E-state index >= 15 is 0 Å². The molecule has 1 heterocycles. The molecule has 1 aliphatic rings. The lowest BCUT2D eigenvalue weighted by Crippen LogP contribution is -2.34. The Morgan fingerprint density at radius 2 is 2.22 bits per heavy atom. The minimum absolute atomic E-state index is 0.0357. The zero-order valence-corrected chi connectivity index (χ0v) is 11.0. The van der Waals surface area contributed by atoms with Gasteiger partial charge in [-0.25, -0.2) is 0 Å². The average Bonchev–Trinajstić information content (AvgIpc) is 2.26. The minimum Gasteiger partial charge on any atom is -0.488 e. The zero-order valence-electron chi connectivity index (χ0n) is 11.0. The molecule has 0 saturated heterocycles. The lowest BCUT2D eigenvalue weighted by Gasteiger charge is -2.35. The van der Waals surface area contributed by atoms with Gasteiger partial charge >= 0.3 is 0 Å². The van der Waals surface area contributed by atoms with Gasteiger partial charge in [0, 0.05) is 18.1 Å². The molecule has 0 aliphatic carbocycles. The standard InChI is InChI=1S/C14H20O4/c1-9(8-15)17-10-4-5-11-12(16)7-14(2,3)18-13(11)6-10/h4-6,9,12,15-16H,7-8H2,1-3H3. The molecule has 2 N–H and O–H groups in total. The zero-order chi connectivity index (χ0) is 13.3. The number of aliphatic hydroxyl groups is 2. The SMILES string of the molecule is CC(CO)Oc1ccc2c(c1)OC(C)(C)CC2O. The molecule has 4 nitrogen and oxygen atoms in total. The maximum atomic E-state index is 10.1. The molecular formula is C14H20O4. The van der Waals surface area contributed by atoms with Crippen molar-refractivity contribution in [3.8, 4) is 11.5 Å². The van der Waals surface area contributed by atoms with Gasteiger partial charge in [0.25, 0.3) is 0 Å². The summed E-state index contributed by atoms with van der Waals surface area (Å²) in [6, 6.07) is 5.37. The Labute approximate surface area is 107 Å². The van der Waals surface area contributed by atoms with Crippen LogP contribution in [-0.4, -0.2) is 28.5 Å². The number of hydrogen-bond acceptors (Lipinski definition) is 4. The van der Waals surface area contributed by atoms with Crippen LogP contribution in [0.15, 0.2) is 18.2 Å². The molecule has 100 valence electrons. The van der Waals surface area contributed by atoms with E-state index < -0.39 is 6.10 Å². The number of benzene rings is 1. The largest absolute Gasteiger partial charge is 0.488 e. The van der Waals surface area contributed by atoms with Crippen LogP contribution in [0.3, 0.4) is 0 Å². The molecule has 2 rings (SSSR count). The highest BCUT2D eigenvalue weighted by Gasteiger charge is 2.32. The van der Waals surface area contributed by atoms with E-state index in [1.165, 1.54) is 0 Å². The second-order valence-electron chi connectivity index (χ2n) is 5.39. The van der Waals surface area contributed by atoms with Gasteiger partial charge in [0.15, 0.2) is 0 Å². The Balaban J connectivity index is 2.26. The average molecular weight is 252 g/mol. The van der Waals surface area contributed by atoms with Crippen LogP contribution in [0.25, 0.3) is 0 Å². The topological polar surface area (TPSA) is 58.9 Å². The molecule has 18 heavy (non-hydrogen) atoms. The molecule has 2 unspecified atom stereocenters. The first-order chi connectivity index (χ1) is 8.41. The maximum absolute atomic E-state index is 10.1. The minimum atomic E-state index is -0.506. The quantitative estimate of drug-likeness (QED) is 0.864. The fraction of sp³-hybridized carbons (Fsp3) is 0.571. The van der Waals surface area contributed by atoms with E-state index in [0.29, 0.717) is 17.9 Å². The Hall–Kier alpha value is -1.26. The second kappa shape index (κ2) is 4.78. The van der Waals surface area contributed by atoms with E-state index in [9.17, 15) is 5.11 Å². The molecule has 1 aromatic rings. The summed E-state index contributed by atoms with van der Waals surface area (Å²) in [6.07, 6.45) is -0.189. The van der Waals surface area contributed by atoms with E-state index in [-0.39, 0.29) is 18.3 Å². The predicted molar refractivity (Wildman–Crippen MR) is 67.9 cm³/mol. The van der Waals surface area contributed by atoms with E-state index in [1.807, 2.05) is 19.9 Å². The van der Waals surface area contributed by atoms with Crippen LogP contribution >= 0.6 is 0 Å². The van der Waals surface area contributed by atoms with Gasteiger partial charge in [0.1, 0.15) is 23.2 Å². The van der Waals surface area contributed by atoms with E-state index in [2.05, 4.69) is 0 Å². The summed E-state index contributed by atoms with van der Waals surface area (Å²) in [6.45, 7) is 5.65. The Kier molecular flexibility index (Phi) is 3.50. The highest BCUT2D eigenvalue weighted by molar-refractivity contribution is 5.43. The van der Waals surface area contributed by atoms with Crippen molar-refractivity contribution < 1.29 is 19.7 Å². The molecule has 0 saturated carbocycles. The van der Waals surface area contributed by atoms with Crippen molar-refractivity contribution in [2.75, 3.05) is 6.61 Å². The van der Waals surface area contributed by atoms with E-state index in [0.717, 1.165) is 5.56 Å². The van der Waals surface area contributed by atoms with Crippen LogP contribution in [0.4, 0.5) is 0 Å². The van der Waals surface area contributed by atoms with Crippen molar-refractivity contribution in [3.63, 3.8) is 0 Å². The third kappa shape index (κ3) is 2.76. The third-order valence-corrected chi connectivity index (χ3v) is 3.01. The van der Waals surface area contributed by atoms with E-state index in [4.69, 9.17) is 14.6 Å². The molecule has 1 aliphatic heterocycles. The van der Waals surface area contributed by atoms with Gasteiger partial charge in [0.05, 0.1) is 12.7 Å². The molecule has 0 amide bonds. The van der Waals surface area contributed by atoms with Crippen molar-refractivity contribution in [3.05, 3.63) is 23.8 Å². The van der Waals surface area contributed by atoms with E-state index in [1.54, 1.807) is 19.1 Å². The van der Waals surface area contributed by atoms with Gasteiger partial charge in [-0.15, -0.1) is 0 Å². The van der Waals surface area contributed by atoms with Crippen molar-refractivity contribution in [2.24, 2.45) is 0 Å². The van der Waals surface area contributed by atoms with Crippen LogP contribution in [-0.2, 0) is 0 Å². The van der Waals surface area contributed by atoms with Gasteiger partial charge in [-0.05, 0) is 32.9 Å². The number of fused-ring (bicyclic) bond motifs is 1. The molecule has 1 aromatic carbocycles. The molecule has 0 aromatic heterocycles. The number of hydrogen-bond donors (Lipinski definition) is 2. The molecule has 2 atom stereocenters. The lowest BCUT2D eigenvalue weighted by atomic mass is 9.92. The molecule has 0 bridgehead atoms. The molecule has 0 fully saturated rings. The first-order valence-electron chi connectivity index (χ1n) is 6.20. The van der Waals surface area contributed by atoms with Crippen LogP contribution in [0.1, 0.15) is 38.9 Å². The smallest absolute Gasteiger partial charge is 0.129 e. The number of aliphatic hydroxyl groups excluding tert-OH is 2. The molecular weight excluding hydrogens is 232 g/mol.